The summed E-state index contributed by atoms with van der Waals surface area (Å²) in [6.45, 7) is 3.41. The van der Waals surface area contributed by atoms with E-state index in [-0.39, 0.29) is 28.0 Å². The number of aromatic nitrogens is 1. The highest BCUT2D eigenvalue weighted by atomic mass is 32.2. The summed E-state index contributed by atoms with van der Waals surface area (Å²) in [5.74, 6) is -0.0750. The quantitative estimate of drug-likeness (QED) is 0.733. The van der Waals surface area contributed by atoms with Gasteiger partial charge in [-0.15, -0.1) is 11.3 Å². The van der Waals surface area contributed by atoms with E-state index < -0.39 is 18.2 Å². The fourth-order valence-corrected chi connectivity index (χ4v) is 2.87. The molecule has 8 heteroatoms. The first-order valence-corrected chi connectivity index (χ1v) is 7.88. The number of thiazole rings is 1. The average molecular weight is 319 g/mol. The summed E-state index contributed by atoms with van der Waals surface area (Å²) in [6, 6.07) is 0. The molecule has 1 heterocycles. The maximum absolute atomic E-state index is 11.5. The third kappa shape index (κ3) is 5.20. The lowest BCUT2D eigenvalue weighted by atomic mass is 10.2. The molecule has 1 aromatic rings. The first kappa shape index (κ1) is 17.1. The van der Waals surface area contributed by atoms with Gasteiger partial charge in [0.1, 0.15) is 16.0 Å². The second-order valence-corrected chi connectivity index (χ2v) is 6.26. The zero-order chi connectivity index (χ0) is 15.1. The van der Waals surface area contributed by atoms with Crippen LogP contribution in [0.15, 0.2) is 6.20 Å². The molecular formula is C12H17NO5S2. The molecule has 1 aromatic heterocycles. The number of ether oxygens (including phenoxy) is 1. The van der Waals surface area contributed by atoms with Crippen molar-refractivity contribution in [2.75, 3.05) is 12.4 Å². The normalized spacial score (nSPS) is 13.8. The monoisotopic (exact) mass is 319 g/mol. The van der Waals surface area contributed by atoms with Crippen molar-refractivity contribution in [3.8, 4) is 0 Å². The molecule has 0 aliphatic carbocycles. The predicted molar refractivity (Wildman–Crippen MR) is 76.8 cm³/mol. The van der Waals surface area contributed by atoms with Gasteiger partial charge >= 0.3 is 5.97 Å². The SMILES string of the molecule is CCOC(=O)c1cnc(C(O)C(O)CCSC(C)=O)s1. The van der Waals surface area contributed by atoms with Crippen LogP contribution in [0.3, 0.4) is 0 Å². The van der Waals surface area contributed by atoms with Gasteiger partial charge in [-0.3, -0.25) is 4.79 Å². The van der Waals surface area contributed by atoms with Crippen molar-refractivity contribution in [1.82, 2.24) is 4.98 Å². The van der Waals surface area contributed by atoms with Gasteiger partial charge in [-0.1, -0.05) is 11.8 Å². The van der Waals surface area contributed by atoms with E-state index >= 15 is 0 Å². The van der Waals surface area contributed by atoms with Gasteiger partial charge in [0.25, 0.3) is 0 Å². The molecule has 0 aliphatic rings. The molecular weight excluding hydrogens is 302 g/mol. The Bertz CT molecular complexity index is 462. The Hall–Kier alpha value is -0.960. The van der Waals surface area contributed by atoms with Crippen LogP contribution in [0.4, 0.5) is 0 Å². The van der Waals surface area contributed by atoms with Crippen molar-refractivity contribution in [3.05, 3.63) is 16.1 Å². The van der Waals surface area contributed by atoms with Crippen LogP contribution in [-0.2, 0) is 9.53 Å². The molecule has 0 bridgehead atoms. The standard InChI is InChI=1S/C12H17NO5S2/c1-3-18-12(17)9-6-13-11(20-9)10(16)8(15)4-5-19-7(2)14/h6,8,10,15-16H,3-5H2,1-2H3. The number of carbonyl (C=O) groups excluding carboxylic acids is 2. The Balaban J connectivity index is 2.56. The molecule has 0 saturated carbocycles. The van der Waals surface area contributed by atoms with E-state index in [1.165, 1.54) is 13.1 Å². The van der Waals surface area contributed by atoms with Gasteiger partial charge in [-0.2, -0.15) is 0 Å². The van der Waals surface area contributed by atoms with Crippen molar-refractivity contribution < 1.29 is 24.5 Å². The Morgan fingerprint density at radius 1 is 1.50 bits per heavy atom. The molecule has 0 spiro atoms. The largest absolute Gasteiger partial charge is 0.462 e. The zero-order valence-corrected chi connectivity index (χ0v) is 12.9. The lowest BCUT2D eigenvalue weighted by Crippen LogP contribution is -2.19. The van der Waals surface area contributed by atoms with E-state index in [0.717, 1.165) is 23.1 Å². The number of hydrogen-bond donors (Lipinski definition) is 2. The first-order chi connectivity index (χ1) is 9.45. The average Bonchev–Trinajstić information content (AvgIpc) is 2.87. The van der Waals surface area contributed by atoms with Crippen LogP contribution in [0.1, 0.15) is 41.1 Å². The van der Waals surface area contributed by atoms with Gasteiger partial charge in [-0.25, -0.2) is 9.78 Å². The second-order valence-electron chi connectivity index (χ2n) is 3.92. The molecule has 2 unspecified atom stereocenters. The highest BCUT2D eigenvalue weighted by molar-refractivity contribution is 8.13. The number of carbonyl (C=O) groups is 2. The molecule has 0 fully saturated rings. The smallest absolute Gasteiger partial charge is 0.349 e. The van der Waals surface area contributed by atoms with Gasteiger partial charge in [0.15, 0.2) is 5.12 Å². The van der Waals surface area contributed by atoms with Gasteiger partial charge < -0.3 is 14.9 Å². The summed E-state index contributed by atoms with van der Waals surface area (Å²) in [5, 5.41) is 20.0. The fourth-order valence-electron chi connectivity index (χ4n) is 1.37. The van der Waals surface area contributed by atoms with E-state index in [1.54, 1.807) is 6.92 Å². The van der Waals surface area contributed by atoms with Crippen LogP contribution in [0, 0.1) is 0 Å². The maximum atomic E-state index is 11.5. The van der Waals surface area contributed by atoms with Gasteiger partial charge in [-0.05, 0) is 13.3 Å². The lowest BCUT2D eigenvalue weighted by molar-refractivity contribution is -0.109. The number of nitrogens with zero attached hydrogens (tertiary/aromatic N) is 1. The van der Waals surface area contributed by atoms with Gasteiger partial charge in [0, 0.05) is 12.7 Å². The van der Waals surface area contributed by atoms with Crippen LogP contribution in [-0.4, -0.2) is 44.7 Å². The minimum Gasteiger partial charge on any atom is -0.462 e. The Labute approximate surface area is 125 Å². The second kappa shape index (κ2) is 8.35. The van der Waals surface area contributed by atoms with E-state index in [9.17, 15) is 19.8 Å². The molecule has 0 amide bonds. The first-order valence-electron chi connectivity index (χ1n) is 6.08. The summed E-state index contributed by atoms with van der Waals surface area (Å²) in [7, 11) is 0. The van der Waals surface area contributed by atoms with Crippen molar-refractivity contribution in [3.63, 3.8) is 0 Å². The molecule has 0 saturated heterocycles. The highest BCUT2D eigenvalue weighted by Gasteiger charge is 2.23. The third-order valence-corrected chi connectivity index (χ3v) is 4.23. The molecule has 0 aliphatic heterocycles. The van der Waals surface area contributed by atoms with Crippen LogP contribution in [0.25, 0.3) is 0 Å². The number of esters is 1. The Kier molecular flexibility index (Phi) is 7.14. The van der Waals surface area contributed by atoms with E-state index in [2.05, 4.69) is 4.98 Å². The van der Waals surface area contributed by atoms with Crippen LogP contribution < -0.4 is 0 Å². The number of aliphatic hydroxyl groups excluding tert-OH is 2. The maximum Gasteiger partial charge on any atom is 0.349 e. The van der Waals surface area contributed by atoms with Crippen molar-refractivity contribution in [2.24, 2.45) is 0 Å². The summed E-state index contributed by atoms with van der Waals surface area (Å²) in [6.07, 6.45) is -0.614. The van der Waals surface area contributed by atoms with E-state index in [0.29, 0.717) is 5.75 Å². The number of thioether (sulfide) groups is 1. The molecule has 2 N–H and O–H groups in total. The predicted octanol–water partition coefficient (Wildman–Crippen LogP) is 1.38. The minimum atomic E-state index is -1.17. The van der Waals surface area contributed by atoms with Crippen molar-refractivity contribution >= 4 is 34.2 Å². The third-order valence-electron chi connectivity index (χ3n) is 2.34. The van der Waals surface area contributed by atoms with Crippen LogP contribution in [0.5, 0.6) is 0 Å². The summed E-state index contributed by atoms with van der Waals surface area (Å²) >= 11 is 2.08. The zero-order valence-electron chi connectivity index (χ0n) is 11.2. The summed E-state index contributed by atoms with van der Waals surface area (Å²) in [4.78, 5) is 26.4. The number of aliphatic hydroxyl groups is 2. The molecule has 2 atom stereocenters. The molecule has 0 aromatic carbocycles. The van der Waals surface area contributed by atoms with Crippen LogP contribution >= 0.6 is 23.1 Å². The topological polar surface area (TPSA) is 96.7 Å². The molecule has 20 heavy (non-hydrogen) atoms. The number of rotatable bonds is 7. The number of hydrogen-bond acceptors (Lipinski definition) is 8. The van der Waals surface area contributed by atoms with Crippen LogP contribution in [0.2, 0.25) is 0 Å². The van der Waals surface area contributed by atoms with Gasteiger partial charge in [0.2, 0.25) is 0 Å². The van der Waals surface area contributed by atoms with Crippen molar-refractivity contribution in [1.29, 1.82) is 0 Å². The summed E-state index contributed by atoms with van der Waals surface area (Å²) in [5.41, 5.74) is 0. The minimum absolute atomic E-state index is 0.0365. The molecule has 112 valence electrons. The summed E-state index contributed by atoms with van der Waals surface area (Å²) < 4.78 is 4.82. The molecule has 0 radical (unpaired) electrons. The highest BCUT2D eigenvalue weighted by Crippen LogP contribution is 2.25. The molecule has 6 nitrogen and oxygen atoms in total. The molecule has 1 rings (SSSR count). The van der Waals surface area contributed by atoms with E-state index in [4.69, 9.17) is 4.74 Å². The van der Waals surface area contributed by atoms with Gasteiger partial charge in [0.05, 0.1) is 18.9 Å². The Morgan fingerprint density at radius 2 is 2.20 bits per heavy atom. The fraction of sp³-hybridized carbons (Fsp3) is 0.583. The van der Waals surface area contributed by atoms with E-state index in [1.807, 2.05) is 0 Å². The lowest BCUT2D eigenvalue weighted by Gasteiger charge is -2.14. The Morgan fingerprint density at radius 3 is 2.80 bits per heavy atom. The van der Waals surface area contributed by atoms with Crippen molar-refractivity contribution in [2.45, 2.75) is 32.5 Å².